The molecule has 0 saturated carbocycles. The molecular formula is C16H21F3N6O. The van der Waals surface area contributed by atoms with Crippen molar-refractivity contribution < 1.29 is 18.3 Å². The molecule has 2 rings (SSSR count). The number of aromatic nitrogens is 3. The second-order valence-corrected chi connectivity index (χ2v) is 5.73. The lowest BCUT2D eigenvalue weighted by molar-refractivity contribution is -0.272. The molecule has 0 radical (unpaired) electrons. The minimum absolute atomic E-state index is 0.00490. The highest BCUT2D eigenvalue weighted by molar-refractivity contribution is 5.77. The Labute approximate surface area is 148 Å². The monoisotopic (exact) mass is 370 g/mol. The molecule has 0 amide bonds. The van der Waals surface area contributed by atoms with E-state index in [1.807, 2.05) is 12.1 Å². The molecule has 10 heteroatoms. The molecule has 0 aromatic carbocycles. The normalized spacial score (nSPS) is 14.9. The molecule has 0 aliphatic carbocycles. The Morgan fingerprint density at radius 1 is 1.31 bits per heavy atom. The summed E-state index contributed by atoms with van der Waals surface area (Å²) in [5, 5.41) is 13.0. The predicted molar refractivity (Wildman–Crippen MR) is 90.2 cm³/mol. The maximum Gasteiger partial charge on any atom is 0.424 e. The third-order valence-corrected chi connectivity index (χ3v) is 3.83. The average Bonchev–Trinajstić information content (AvgIpc) is 3.01. The van der Waals surface area contributed by atoms with Gasteiger partial charge in [0.1, 0.15) is 5.82 Å². The lowest BCUT2D eigenvalue weighted by Crippen LogP contribution is -2.45. The van der Waals surface area contributed by atoms with Gasteiger partial charge < -0.3 is 20.7 Å². The summed E-state index contributed by atoms with van der Waals surface area (Å²) >= 11 is 0. The van der Waals surface area contributed by atoms with Crippen LogP contribution in [0.3, 0.4) is 0 Å². The van der Waals surface area contributed by atoms with E-state index >= 15 is 0 Å². The maximum atomic E-state index is 13.4. The summed E-state index contributed by atoms with van der Waals surface area (Å²) in [6.07, 6.45) is -0.780. The van der Waals surface area contributed by atoms with E-state index in [9.17, 15) is 18.3 Å². The van der Waals surface area contributed by atoms with Gasteiger partial charge in [0.25, 0.3) is 0 Å². The number of hydrogen-bond donors (Lipinski definition) is 3. The van der Waals surface area contributed by atoms with Crippen LogP contribution in [0.25, 0.3) is 0 Å². The van der Waals surface area contributed by atoms with E-state index in [1.54, 1.807) is 12.3 Å². The van der Waals surface area contributed by atoms with E-state index in [0.29, 0.717) is 13.0 Å². The summed E-state index contributed by atoms with van der Waals surface area (Å²) in [6.45, 7) is 0.126. The highest BCUT2D eigenvalue weighted by Gasteiger charge is 2.57. The molecule has 2 aromatic heterocycles. The SMILES string of the molecule is Cn1ccnc1C(O)(CCN=C(N)NCCc1ccccn1)C(F)(F)F. The van der Waals surface area contributed by atoms with E-state index in [-0.39, 0.29) is 12.5 Å². The molecule has 7 nitrogen and oxygen atoms in total. The van der Waals surface area contributed by atoms with Gasteiger partial charge in [-0.05, 0) is 12.1 Å². The molecule has 1 atom stereocenters. The zero-order valence-corrected chi connectivity index (χ0v) is 14.2. The van der Waals surface area contributed by atoms with E-state index < -0.39 is 24.0 Å². The molecule has 26 heavy (non-hydrogen) atoms. The Hall–Kier alpha value is -2.62. The van der Waals surface area contributed by atoms with Crippen molar-refractivity contribution in [3.63, 3.8) is 0 Å². The second-order valence-electron chi connectivity index (χ2n) is 5.73. The highest BCUT2D eigenvalue weighted by Crippen LogP contribution is 2.40. The molecule has 0 aliphatic heterocycles. The number of hydrogen-bond acceptors (Lipinski definition) is 4. The molecule has 142 valence electrons. The third-order valence-electron chi connectivity index (χ3n) is 3.83. The smallest absolute Gasteiger partial charge is 0.374 e. The number of nitrogens with zero attached hydrogens (tertiary/aromatic N) is 4. The molecular weight excluding hydrogens is 349 g/mol. The van der Waals surface area contributed by atoms with Crippen LogP contribution in [0.15, 0.2) is 41.8 Å². The molecule has 0 bridgehead atoms. The molecule has 4 N–H and O–H groups in total. The predicted octanol–water partition coefficient (Wildman–Crippen LogP) is 1.10. The van der Waals surface area contributed by atoms with Gasteiger partial charge in [-0.25, -0.2) is 4.98 Å². The average molecular weight is 370 g/mol. The van der Waals surface area contributed by atoms with Gasteiger partial charge in [-0.2, -0.15) is 13.2 Å². The number of aryl methyl sites for hydroxylation is 1. The van der Waals surface area contributed by atoms with Crippen LogP contribution in [0, 0.1) is 0 Å². The van der Waals surface area contributed by atoms with Crippen molar-refractivity contribution in [3.8, 4) is 0 Å². The topological polar surface area (TPSA) is 101 Å². The van der Waals surface area contributed by atoms with Gasteiger partial charge in [0.05, 0.1) is 0 Å². The first-order chi connectivity index (χ1) is 12.2. The zero-order valence-electron chi connectivity index (χ0n) is 14.2. The number of rotatable bonds is 7. The molecule has 1 unspecified atom stereocenters. The molecule has 0 aliphatic rings. The maximum absolute atomic E-state index is 13.4. The van der Waals surface area contributed by atoms with Crippen LogP contribution in [-0.4, -0.2) is 44.9 Å². The minimum atomic E-state index is -4.89. The van der Waals surface area contributed by atoms with Crippen LogP contribution in [0.5, 0.6) is 0 Å². The number of nitrogens with two attached hydrogens (primary N) is 1. The first kappa shape index (κ1) is 19.7. The first-order valence-electron chi connectivity index (χ1n) is 7.94. The fourth-order valence-electron chi connectivity index (χ4n) is 2.40. The number of nitrogens with one attached hydrogen (secondary N) is 1. The van der Waals surface area contributed by atoms with Crippen molar-refractivity contribution in [1.82, 2.24) is 19.9 Å². The van der Waals surface area contributed by atoms with Crippen LogP contribution in [0.1, 0.15) is 17.9 Å². The molecule has 2 aromatic rings. The number of imidazole rings is 1. The van der Waals surface area contributed by atoms with Crippen LogP contribution >= 0.6 is 0 Å². The van der Waals surface area contributed by atoms with Gasteiger partial charge in [0, 0.05) is 57.3 Å². The zero-order chi connectivity index (χ0) is 19.2. The largest absolute Gasteiger partial charge is 0.424 e. The Bertz CT molecular complexity index is 731. The lowest BCUT2D eigenvalue weighted by atomic mass is 9.98. The summed E-state index contributed by atoms with van der Waals surface area (Å²) in [7, 11) is 1.38. The van der Waals surface area contributed by atoms with Crippen molar-refractivity contribution in [1.29, 1.82) is 0 Å². The van der Waals surface area contributed by atoms with E-state index in [4.69, 9.17) is 5.73 Å². The number of alkyl halides is 3. The highest BCUT2D eigenvalue weighted by atomic mass is 19.4. The number of aliphatic hydroxyl groups is 1. The molecule has 2 heterocycles. The van der Waals surface area contributed by atoms with Gasteiger partial charge in [0.2, 0.25) is 5.60 Å². The number of aliphatic imine (C=N–C) groups is 1. The van der Waals surface area contributed by atoms with Crippen LogP contribution in [0.4, 0.5) is 13.2 Å². The number of halogens is 3. The minimum Gasteiger partial charge on any atom is -0.374 e. The van der Waals surface area contributed by atoms with Gasteiger partial charge in [-0.1, -0.05) is 6.07 Å². The summed E-state index contributed by atoms with van der Waals surface area (Å²) < 4.78 is 41.2. The van der Waals surface area contributed by atoms with Crippen LogP contribution in [-0.2, 0) is 19.1 Å². The first-order valence-corrected chi connectivity index (χ1v) is 7.94. The molecule has 0 fully saturated rings. The Kier molecular flexibility index (Phi) is 6.19. The Morgan fingerprint density at radius 2 is 2.08 bits per heavy atom. The van der Waals surface area contributed by atoms with Crippen molar-refractivity contribution in [2.45, 2.75) is 24.6 Å². The summed E-state index contributed by atoms with van der Waals surface area (Å²) in [5.74, 6) is -0.479. The van der Waals surface area contributed by atoms with Crippen molar-refractivity contribution >= 4 is 5.96 Å². The Balaban J connectivity index is 1.92. The fourth-order valence-corrected chi connectivity index (χ4v) is 2.40. The molecule has 0 saturated heterocycles. The van der Waals surface area contributed by atoms with Gasteiger partial charge in [-0.3, -0.25) is 9.98 Å². The van der Waals surface area contributed by atoms with Crippen molar-refractivity contribution in [3.05, 3.63) is 48.3 Å². The summed E-state index contributed by atoms with van der Waals surface area (Å²) in [4.78, 5) is 11.6. The number of guanidine groups is 1. The third kappa shape index (κ3) is 4.72. The Morgan fingerprint density at radius 3 is 2.65 bits per heavy atom. The van der Waals surface area contributed by atoms with Crippen molar-refractivity contribution in [2.24, 2.45) is 17.8 Å². The van der Waals surface area contributed by atoms with Crippen LogP contribution < -0.4 is 11.1 Å². The van der Waals surface area contributed by atoms with Gasteiger partial charge in [0.15, 0.2) is 5.96 Å². The number of pyridine rings is 1. The molecule has 0 spiro atoms. The fraction of sp³-hybridized carbons (Fsp3) is 0.438. The summed E-state index contributed by atoms with van der Waals surface area (Å²) in [5.41, 5.74) is 3.42. The van der Waals surface area contributed by atoms with E-state index in [0.717, 1.165) is 10.3 Å². The van der Waals surface area contributed by atoms with E-state index in [2.05, 4.69) is 20.3 Å². The van der Waals surface area contributed by atoms with Gasteiger partial charge in [-0.15, -0.1) is 0 Å². The second kappa shape index (κ2) is 8.17. The summed E-state index contributed by atoms with van der Waals surface area (Å²) in [6, 6.07) is 5.51. The van der Waals surface area contributed by atoms with E-state index in [1.165, 1.54) is 19.4 Å². The van der Waals surface area contributed by atoms with Crippen molar-refractivity contribution in [2.75, 3.05) is 13.1 Å². The quantitative estimate of drug-likeness (QED) is 0.501. The van der Waals surface area contributed by atoms with Crippen LogP contribution in [0.2, 0.25) is 0 Å². The van der Waals surface area contributed by atoms with Gasteiger partial charge >= 0.3 is 6.18 Å². The standard InChI is InChI=1S/C16H21F3N6O/c1-25-11-10-22-13(25)15(26,16(17,18)19)6-9-24-14(20)23-8-5-12-4-2-3-7-21-12/h2-4,7,10-11,26H,5-6,8-9H2,1H3,(H3,20,23,24). The lowest BCUT2D eigenvalue weighted by Gasteiger charge is -2.29.